The molecule has 1 aromatic carbocycles. The van der Waals surface area contributed by atoms with E-state index in [1.165, 1.54) is 31.0 Å². The molecule has 1 fully saturated rings. The first kappa shape index (κ1) is 20.3. The number of fused-ring (bicyclic) bond motifs is 1. The lowest BCUT2D eigenvalue weighted by Crippen LogP contribution is -2.24. The van der Waals surface area contributed by atoms with Crippen molar-refractivity contribution in [1.82, 2.24) is 14.8 Å². The summed E-state index contributed by atoms with van der Waals surface area (Å²) >= 11 is 0. The number of anilines is 2. The van der Waals surface area contributed by atoms with Crippen LogP contribution in [0.1, 0.15) is 36.2 Å². The van der Waals surface area contributed by atoms with Gasteiger partial charge in [0.25, 0.3) is 5.91 Å². The van der Waals surface area contributed by atoms with E-state index in [0.717, 1.165) is 31.7 Å². The molecule has 1 aliphatic heterocycles. The molecule has 1 aliphatic rings. The molecule has 10 heteroatoms. The van der Waals surface area contributed by atoms with Gasteiger partial charge in [0.05, 0.1) is 10.3 Å². The van der Waals surface area contributed by atoms with Crippen LogP contribution in [0, 0.1) is 0 Å². The van der Waals surface area contributed by atoms with Gasteiger partial charge in [-0.05, 0) is 43.2 Å². The van der Waals surface area contributed by atoms with Crippen LogP contribution in [-0.4, -0.2) is 42.2 Å². The van der Waals surface area contributed by atoms with Gasteiger partial charge in [-0.2, -0.15) is 5.10 Å². The summed E-state index contributed by atoms with van der Waals surface area (Å²) in [6.07, 6.45) is 4.77. The number of hydrogen-bond donors (Lipinski definition) is 2. The van der Waals surface area contributed by atoms with Gasteiger partial charge in [-0.1, -0.05) is 18.9 Å². The lowest BCUT2D eigenvalue weighted by Gasteiger charge is -2.21. The number of rotatable bonds is 4. The molecule has 0 unspecified atom stereocenters. The summed E-state index contributed by atoms with van der Waals surface area (Å²) in [5, 5.41) is 12.8. The fraction of sp³-hybridized carbons (Fsp3) is 0.350. The van der Waals surface area contributed by atoms with E-state index < -0.39 is 15.9 Å². The van der Waals surface area contributed by atoms with E-state index in [1.807, 2.05) is 12.1 Å². The molecular formula is C20H24N6O3S. The number of aromatic nitrogens is 3. The van der Waals surface area contributed by atoms with E-state index in [0.29, 0.717) is 16.7 Å². The second kappa shape index (κ2) is 8.04. The number of nitrogens with two attached hydrogens (primary N) is 1. The molecule has 0 spiro atoms. The molecular weight excluding hydrogens is 404 g/mol. The van der Waals surface area contributed by atoms with E-state index >= 15 is 0 Å². The summed E-state index contributed by atoms with van der Waals surface area (Å²) < 4.78 is 24.7. The topological polar surface area (TPSA) is 123 Å². The van der Waals surface area contributed by atoms with Gasteiger partial charge >= 0.3 is 0 Å². The minimum atomic E-state index is -3.86. The monoisotopic (exact) mass is 428 g/mol. The van der Waals surface area contributed by atoms with Gasteiger partial charge in [-0.3, -0.25) is 4.79 Å². The number of nitrogens with zero attached hydrogens (tertiary/aromatic N) is 4. The number of benzene rings is 1. The van der Waals surface area contributed by atoms with Crippen LogP contribution < -0.4 is 15.4 Å². The second-order valence-electron chi connectivity index (χ2n) is 7.44. The highest BCUT2D eigenvalue weighted by Crippen LogP contribution is 2.24. The van der Waals surface area contributed by atoms with Crippen LogP contribution in [-0.2, 0) is 17.1 Å². The minimum Gasteiger partial charge on any atom is -0.357 e. The molecule has 30 heavy (non-hydrogen) atoms. The van der Waals surface area contributed by atoms with Gasteiger partial charge in [0.2, 0.25) is 10.0 Å². The van der Waals surface area contributed by atoms with Gasteiger partial charge in [0.1, 0.15) is 5.82 Å². The van der Waals surface area contributed by atoms with Crippen LogP contribution in [0.25, 0.3) is 11.0 Å². The maximum atomic E-state index is 12.8. The van der Waals surface area contributed by atoms with Gasteiger partial charge in [-0.15, -0.1) is 0 Å². The molecule has 1 amide bonds. The Balaban J connectivity index is 1.62. The van der Waals surface area contributed by atoms with Gasteiger partial charge in [0.15, 0.2) is 11.3 Å². The molecule has 0 bridgehead atoms. The lowest BCUT2D eigenvalue weighted by molar-refractivity contribution is 0.102. The highest BCUT2D eigenvalue weighted by atomic mass is 32.2. The Morgan fingerprint density at radius 3 is 2.53 bits per heavy atom. The third kappa shape index (κ3) is 4.14. The number of nitrogens with one attached hydrogen (secondary N) is 1. The lowest BCUT2D eigenvalue weighted by atomic mass is 10.2. The molecule has 4 rings (SSSR count). The van der Waals surface area contributed by atoms with Crippen molar-refractivity contribution < 1.29 is 13.2 Å². The SMILES string of the molecule is Cn1nc(C(=O)Nc2cccc(S(N)(=O)=O)c2)c2ccc(N3CCCCCC3)nc21. The normalized spacial score (nSPS) is 15.2. The molecule has 158 valence electrons. The quantitative estimate of drug-likeness (QED) is 0.657. The predicted molar refractivity (Wildman–Crippen MR) is 115 cm³/mol. The summed E-state index contributed by atoms with van der Waals surface area (Å²) in [5.74, 6) is 0.441. The first-order valence-electron chi connectivity index (χ1n) is 9.86. The Bertz CT molecular complexity index is 1200. The Morgan fingerprint density at radius 2 is 1.83 bits per heavy atom. The standard InChI is InChI=1S/C20H24N6O3S/c1-25-19-16(9-10-17(23-19)26-11-4-2-3-5-12-26)18(24-25)20(27)22-14-7-6-8-15(13-14)30(21,28)29/h6-10,13H,2-5,11-12H2,1H3,(H,22,27)(H2,21,28,29). The van der Waals surface area contributed by atoms with E-state index in [2.05, 4.69) is 15.3 Å². The Kier molecular flexibility index (Phi) is 5.44. The van der Waals surface area contributed by atoms with E-state index in [4.69, 9.17) is 10.1 Å². The summed E-state index contributed by atoms with van der Waals surface area (Å²) in [4.78, 5) is 19.8. The number of pyridine rings is 1. The number of primary sulfonamides is 1. The largest absolute Gasteiger partial charge is 0.357 e. The number of sulfonamides is 1. The Morgan fingerprint density at radius 1 is 1.10 bits per heavy atom. The summed E-state index contributed by atoms with van der Waals surface area (Å²) in [7, 11) is -2.11. The fourth-order valence-electron chi connectivity index (χ4n) is 3.71. The number of amides is 1. The van der Waals surface area contributed by atoms with Crippen LogP contribution in [0.3, 0.4) is 0 Å². The van der Waals surface area contributed by atoms with Crippen LogP contribution in [0.2, 0.25) is 0 Å². The summed E-state index contributed by atoms with van der Waals surface area (Å²) in [6, 6.07) is 9.58. The van der Waals surface area contributed by atoms with Crippen LogP contribution in [0.5, 0.6) is 0 Å². The summed E-state index contributed by atoms with van der Waals surface area (Å²) in [6.45, 7) is 1.95. The minimum absolute atomic E-state index is 0.0741. The molecule has 3 N–H and O–H groups in total. The van der Waals surface area contributed by atoms with Crippen molar-refractivity contribution in [2.24, 2.45) is 12.2 Å². The zero-order valence-corrected chi connectivity index (χ0v) is 17.5. The van der Waals surface area contributed by atoms with E-state index in [-0.39, 0.29) is 10.6 Å². The number of carbonyl (C=O) groups excluding carboxylic acids is 1. The molecule has 3 heterocycles. The highest BCUT2D eigenvalue weighted by molar-refractivity contribution is 7.89. The second-order valence-corrected chi connectivity index (χ2v) is 9.00. The molecule has 1 saturated heterocycles. The van der Waals surface area contributed by atoms with Crippen molar-refractivity contribution in [3.05, 3.63) is 42.1 Å². The smallest absolute Gasteiger partial charge is 0.276 e. The predicted octanol–water partition coefficient (Wildman–Crippen LogP) is 2.25. The zero-order valence-electron chi connectivity index (χ0n) is 16.7. The van der Waals surface area contributed by atoms with Crippen molar-refractivity contribution in [2.75, 3.05) is 23.3 Å². The Labute approximate surface area is 174 Å². The molecule has 9 nitrogen and oxygen atoms in total. The number of aryl methyl sites for hydroxylation is 1. The van der Waals surface area contributed by atoms with Gasteiger partial charge < -0.3 is 10.2 Å². The maximum Gasteiger partial charge on any atom is 0.276 e. The van der Waals surface area contributed by atoms with Crippen molar-refractivity contribution in [1.29, 1.82) is 0 Å². The highest BCUT2D eigenvalue weighted by Gasteiger charge is 2.20. The summed E-state index contributed by atoms with van der Waals surface area (Å²) in [5.41, 5.74) is 1.17. The van der Waals surface area contributed by atoms with E-state index in [9.17, 15) is 13.2 Å². The molecule has 0 saturated carbocycles. The molecule has 0 aliphatic carbocycles. The number of hydrogen-bond acceptors (Lipinski definition) is 6. The molecule has 3 aromatic rings. The fourth-order valence-corrected chi connectivity index (χ4v) is 4.27. The third-order valence-electron chi connectivity index (χ3n) is 5.24. The zero-order chi connectivity index (χ0) is 21.3. The third-order valence-corrected chi connectivity index (χ3v) is 6.15. The molecule has 2 aromatic heterocycles. The first-order chi connectivity index (χ1) is 14.3. The van der Waals surface area contributed by atoms with Gasteiger partial charge in [0, 0.05) is 25.8 Å². The van der Waals surface area contributed by atoms with Crippen LogP contribution in [0.15, 0.2) is 41.3 Å². The van der Waals surface area contributed by atoms with Crippen LogP contribution >= 0.6 is 0 Å². The van der Waals surface area contributed by atoms with Gasteiger partial charge in [-0.25, -0.2) is 23.2 Å². The van der Waals surface area contributed by atoms with Crippen LogP contribution in [0.4, 0.5) is 11.5 Å². The van der Waals surface area contributed by atoms with Crippen molar-refractivity contribution >= 4 is 38.5 Å². The van der Waals surface area contributed by atoms with E-state index in [1.54, 1.807) is 17.8 Å². The Hall–Kier alpha value is -2.98. The number of carbonyl (C=O) groups is 1. The first-order valence-corrected chi connectivity index (χ1v) is 11.4. The van der Waals surface area contributed by atoms with Crippen molar-refractivity contribution in [2.45, 2.75) is 30.6 Å². The molecule has 0 atom stereocenters. The molecule has 0 radical (unpaired) electrons. The van der Waals surface area contributed by atoms with Crippen molar-refractivity contribution in [3.8, 4) is 0 Å². The maximum absolute atomic E-state index is 12.8. The average Bonchev–Trinajstić information content (AvgIpc) is 2.88. The van der Waals surface area contributed by atoms with Crippen molar-refractivity contribution in [3.63, 3.8) is 0 Å². The average molecular weight is 429 g/mol.